The largest absolute Gasteiger partial charge is 0.384 e. The number of nitrogens with two attached hydrogens (primary N) is 1. The lowest BCUT2D eigenvalue weighted by Crippen LogP contribution is -1.88. The van der Waals surface area contributed by atoms with Crippen molar-refractivity contribution in [3.8, 4) is 11.4 Å². The molecule has 5 heteroatoms. The van der Waals surface area contributed by atoms with E-state index < -0.39 is 0 Å². The number of H-pyrrole nitrogens is 1. The molecule has 0 aliphatic rings. The van der Waals surface area contributed by atoms with Crippen molar-refractivity contribution < 1.29 is 0 Å². The smallest absolute Gasteiger partial charge is 0.180 e. The Hall–Kier alpha value is -2.43. The summed E-state index contributed by atoms with van der Waals surface area (Å²) in [6.45, 7) is 0. The first-order valence-corrected chi connectivity index (χ1v) is 4.85. The Balaban J connectivity index is 2.19. The Morgan fingerprint density at radius 1 is 1.00 bits per heavy atom. The zero-order valence-electron chi connectivity index (χ0n) is 8.38. The molecule has 0 bridgehead atoms. The molecule has 3 N–H and O–H groups in total. The number of nitrogens with zero attached hydrogens (tertiary/aromatic N) is 3. The van der Waals surface area contributed by atoms with E-state index in [0.29, 0.717) is 11.5 Å². The number of imidazole rings is 1. The summed E-state index contributed by atoms with van der Waals surface area (Å²) < 4.78 is 0. The SMILES string of the molecule is Nc1ccc2[nH]c(-c3ccncc3)nc2n1. The average molecular weight is 211 g/mol. The number of hydrogen-bond acceptors (Lipinski definition) is 4. The van der Waals surface area contributed by atoms with Gasteiger partial charge < -0.3 is 10.7 Å². The molecule has 5 nitrogen and oxygen atoms in total. The maximum atomic E-state index is 5.60. The van der Waals surface area contributed by atoms with Gasteiger partial charge in [-0.25, -0.2) is 9.97 Å². The summed E-state index contributed by atoms with van der Waals surface area (Å²) in [5, 5.41) is 0. The predicted molar refractivity (Wildman–Crippen MR) is 61.5 cm³/mol. The number of fused-ring (bicyclic) bond motifs is 1. The molecule has 0 amide bonds. The van der Waals surface area contributed by atoms with Gasteiger partial charge in [0.25, 0.3) is 0 Å². The van der Waals surface area contributed by atoms with Crippen LogP contribution in [0.15, 0.2) is 36.7 Å². The standard InChI is InChI=1S/C11H9N5/c12-9-2-1-8-11(15-9)16-10(14-8)7-3-5-13-6-4-7/h1-6H,(H3,12,14,15,16). The summed E-state index contributed by atoms with van der Waals surface area (Å²) in [6.07, 6.45) is 3.45. The van der Waals surface area contributed by atoms with E-state index in [1.807, 2.05) is 18.2 Å². The summed E-state index contributed by atoms with van der Waals surface area (Å²) in [7, 11) is 0. The zero-order chi connectivity index (χ0) is 11.0. The quantitative estimate of drug-likeness (QED) is 0.640. The maximum absolute atomic E-state index is 5.60. The number of hydrogen-bond donors (Lipinski definition) is 2. The highest BCUT2D eigenvalue weighted by atomic mass is 15.0. The van der Waals surface area contributed by atoms with E-state index in [1.54, 1.807) is 18.5 Å². The number of rotatable bonds is 1. The average Bonchev–Trinajstić information content (AvgIpc) is 2.73. The number of aromatic amines is 1. The molecule has 0 radical (unpaired) electrons. The monoisotopic (exact) mass is 211 g/mol. The minimum atomic E-state index is 0.472. The van der Waals surface area contributed by atoms with Gasteiger partial charge in [0.05, 0.1) is 5.52 Å². The third-order valence-corrected chi connectivity index (χ3v) is 2.32. The molecular weight excluding hydrogens is 202 g/mol. The van der Waals surface area contributed by atoms with E-state index in [0.717, 1.165) is 16.9 Å². The lowest BCUT2D eigenvalue weighted by Gasteiger charge is -1.92. The van der Waals surface area contributed by atoms with Crippen molar-refractivity contribution in [2.75, 3.05) is 5.73 Å². The van der Waals surface area contributed by atoms with Crippen LogP contribution < -0.4 is 5.73 Å². The molecule has 0 aliphatic carbocycles. The van der Waals surface area contributed by atoms with E-state index in [2.05, 4.69) is 19.9 Å². The van der Waals surface area contributed by atoms with E-state index in [4.69, 9.17) is 5.73 Å². The molecule has 78 valence electrons. The third kappa shape index (κ3) is 1.38. The summed E-state index contributed by atoms with van der Waals surface area (Å²) in [5.41, 5.74) is 8.08. The van der Waals surface area contributed by atoms with Crippen molar-refractivity contribution in [1.29, 1.82) is 0 Å². The van der Waals surface area contributed by atoms with Crippen LogP contribution in [0.3, 0.4) is 0 Å². The Kier molecular flexibility index (Phi) is 1.83. The molecule has 3 rings (SSSR count). The van der Waals surface area contributed by atoms with E-state index in [1.165, 1.54) is 0 Å². The molecule has 3 aromatic rings. The van der Waals surface area contributed by atoms with Crippen LogP contribution in [0, 0.1) is 0 Å². The van der Waals surface area contributed by atoms with Crippen molar-refractivity contribution in [3.63, 3.8) is 0 Å². The van der Waals surface area contributed by atoms with Crippen molar-refractivity contribution >= 4 is 17.0 Å². The highest BCUT2D eigenvalue weighted by Gasteiger charge is 2.05. The van der Waals surface area contributed by atoms with Gasteiger partial charge in [0.2, 0.25) is 0 Å². The van der Waals surface area contributed by atoms with Crippen LogP contribution in [0.2, 0.25) is 0 Å². The fourth-order valence-corrected chi connectivity index (χ4v) is 1.55. The van der Waals surface area contributed by atoms with Gasteiger partial charge in [-0.3, -0.25) is 4.98 Å². The Bertz CT molecular complexity index is 629. The summed E-state index contributed by atoms with van der Waals surface area (Å²) >= 11 is 0. The number of nitrogens with one attached hydrogen (secondary N) is 1. The van der Waals surface area contributed by atoms with Gasteiger partial charge in [0.1, 0.15) is 11.6 Å². The Labute approximate surface area is 91.4 Å². The minimum Gasteiger partial charge on any atom is -0.384 e. The van der Waals surface area contributed by atoms with E-state index >= 15 is 0 Å². The number of aromatic nitrogens is 4. The lowest BCUT2D eigenvalue weighted by atomic mass is 10.3. The van der Waals surface area contributed by atoms with Gasteiger partial charge in [-0.1, -0.05) is 0 Å². The van der Waals surface area contributed by atoms with Crippen LogP contribution in [-0.2, 0) is 0 Å². The van der Waals surface area contributed by atoms with Crippen molar-refractivity contribution in [2.45, 2.75) is 0 Å². The fraction of sp³-hybridized carbons (Fsp3) is 0. The molecular formula is C11H9N5. The van der Waals surface area contributed by atoms with Crippen LogP contribution in [0.1, 0.15) is 0 Å². The van der Waals surface area contributed by atoms with Crippen molar-refractivity contribution in [1.82, 2.24) is 19.9 Å². The Morgan fingerprint density at radius 2 is 1.81 bits per heavy atom. The molecule has 0 atom stereocenters. The van der Waals surface area contributed by atoms with Gasteiger partial charge >= 0.3 is 0 Å². The number of nitrogen functional groups attached to an aromatic ring is 1. The van der Waals surface area contributed by atoms with Crippen LogP contribution in [0.25, 0.3) is 22.6 Å². The third-order valence-electron chi connectivity index (χ3n) is 2.32. The Morgan fingerprint density at radius 3 is 2.62 bits per heavy atom. The second kappa shape index (κ2) is 3.30. The van der Waals surface area contributed by atoms with Gasteiger partial charge in [0, 0.05) is 18.0 Å². The fourth-order valence-electron chi connectivity index (χ4n) is 1.55. The topological polar surface area (TPSA) is 80.5 Å². The molecule has 0 saturated heterocycles. The maximum Gasteiger partial charge on any atom is 0.180 e. The molecule has 0 spiro atoms. The van der Waals surface area contributed by atoms with Gasteiger partial charge in [-0.05, 0) is 24.3 Å². The predicted octanol–water partition coefficient (Wildman–Crippen LogP) is 1.60. The molecule has 0 aliphatic heterocycles. The molecule has 3 aromatic heterocycles. The van der Waals surface area contributed by atoms with Gasteiger partial charge in [0.15, 0.2) is 5.65 Å². The summed E-state index contributed by atoms with van der Waals surface area (Å²) in [6, 6.07) is 7.40. The van der Waals surface area contributed by atoms with Crippen molar-refractivity contribution in [3.05, 3.63) is 36.7 Å². The first-order valence-electron chi connectivity index (χ1n) is 4.85. The first kappa shape index (κ1) is 8.84. The molecule has 16 heavy (non-hydrogen) atoms. The van der Waals surface area contributed by atoms with Crippen molar-refractivity contribution in [2.24, 2.45) is 0 Å². The molecule has 0 saturated carbocycles. The minimum absolute atomic E-state index is 0.472. The van der Waals surface area contributed by atoms with E-state index in [-0.39, 0.29) is 0 Å². The summed E-state index contributed by atoms with van der Waals surface area (Å²) in [5.74, 6) is 1.25. The highest BCUT2D eigenvalue weighted by Crippen LogP contribution is 2.18. The summed E-state index contributed by atoms with van der Waals surface area (Å²) in [4.78, 5) is 15.7. The number of anilines is 1. The molecule has 0 aromatic carbocycles. The van der Waals surface area contributed by atoms with Gasteiger partial charge in [-0.15, -0.1) is 0 Å². The van der Waals surface area contributed by atoms with Crippen LogP contribution in [0.5, 0.6) is 0 Å². The first-order chi connectivity index (χ1) is 7.83. The molecule has 0 fully saturated rings. The zero-order valence-corrected chi connectivity index (χ0v) is 8.38. The van der Waals surface area contributed by atoms with Crippen LogP contribution >= 0.6 is 0 Å². The van der Waals surface area contributed by atoms with Gasteiger partial charge in [-0.2, -0.15) is 0 Å². The lowest BCUT2D eigenvalue weighted by molar-refractivity contribution is 1.27. The van der Waals surface area contributed by atoms with E-state index in [9.17, 15) is 0 Å². The highest BCUT2D eigenvalue weighted by molar-refractivity contribution is 5.77. The van der Waals surface area contributed by atoms with Crippen LogP contribution in [-0.4, -0.2) is 19.9 Å². The second-order valence-electron chi connectivity index (χ2n) is 3.43. The second-order valence-corrected chi connectivity index (χ2v) is 3.43. The molecule has 0 unspecified atom stereocenters. The molecule has 3 heterocycles. The normalized spacial score (nSPS) is 10.8. The number of pyridine rings is 2. The van der Waals surface area contributed by atoms with Crippen LogP contribution in [0.4, 0.5) is 5.82 Å².